The number of benzene rings is 2. The first-order valence-electron chi connectivity index (χ1n) is 12.7. The number of ether oxygens (including phenoxy) is 1. The third-order valence-electron chi connectivity index (χ3n) is 6.00. The van der Waals surface area contributed by atoms with Crippen LogP contribution in [0.2, 0.25) is 0 Å². The summed E-state index contributed by atoms with van der Waals surface area (Å²) in [5.41, 5.74) is 0.629. The number of nitrogens with one attached hydrogen (secondary N) is 3. The Morgan fingerprint density at radius 2 is 1.63 bits per heavy atom. The summed E-state index contributed by atoms with van der Waals surface area (Å²) in [6.45, 7) is 5.74. The van der Waals surface area contributed by atoms with Crippen LogP contribution in [0.3, 0.4) is 0 Å². The third-order valence-corrected chi connectivity index (χ3v) is 6.00. The summed E-state index contributed by atoms with van der Waals surface area (Å²) in [5.74, 6) is -1.68. The lowest BCUT2D eigenvalue weighted by atomic mass is 9.95. The molecule has 1 fully saturated rings. The van der Waals surface area contributed by atoms with E-state index in [0.29, 0.717) is 38.0 Å². The van der Waals surface area contributed by atoms with Gasteiger partial charge in [-0.2, -0.15) is 0 Å². The van der Waals surface area contributed by atoms with Crippen LogP contribution in [0.4, 0.5) is 14.9 Å². The van der Waals surface area contributed by atoms with Gasteiger partial charge in [0.05, 0.1) is 6.54 Å². The zero-order chi connectivity index (χ0) is 27.7. The average molecular weight is 527 g/mol. The maximum Gasteiger partial charge on any atom is 0.408 e. The van der Waals surface area contributed by atoms with Crippen LogP contribution in [0.1, 0.15) is 39.2 Å². The smallest absolute Gasteiger partial charge is 0.408 e. The van der Waals surface area contributed by atoms with Crippen molar-refractivity contribution in [2.45, 2.75) is 51.7 Å². The topological polar surface area (TPSA) is 117 Å². The van der Waals surface area contributed by atoms with E-state index in [4.69, 9.17) is 4.74 Å². The van der Waals surface area contributed by atoms with Gasteiger partial charge in [-0.3, -0.25) is 14.4 Å². The molecular weight excluding hydrogens is 491 g/mol. The van der Waals surface area contributed by atoms with Crippen LogP contribution in [-0.2, 0) is 25.5 Å². The molecule has 4 amide bonds. The number of amides is 4. The quantitative estimate of drug-likeness (QED) is 0.488. The molecule has 38 heavy (non-hydrogen) atoms. The van der Waals surface area contributed by atoms with Crippen molar-refractivity contribution in [1.82, 2.24) is 15.5 Å². The Labute approximate surface area is 222 Å². The van der Waals surface area contributed by atoms with E-state index < -0.39 is 29.5 Å². The van der Waals surface area contributed by atoms with Crippen LogP contribution in [-0.4, -0.2) is 60.0 Å². The minimum Gasteiger partial charge on any atom is -0.444 e. The standard InChI is InChI=1S/C28H35FN4O5/c1-28(2,3)38-27(37)32-23(17-19-7-5-4-6-8-19)26(36)33-15-13-20(14-16-33)25(35)30-18-24(34)31-22-11-9-21(29)10-12-22/h4-12,20,23H,13-18H2,1-3H3,(H,30,35)(H,31,34)(H,32,37)/t23-/m1/s1. The summed E-state index contributed by atoms with van der Waals surface area (Å²) >= 11 is 0. The third kappa shape index (κ3) is 9.17. The summed E-state index contributed by atoms with van der Waals surface area (Å²) in [6.07, 6.45) is 0.506. The zero-order valence-electron chi connectivity index (χ0n) is 22.0. The predicted molar refractivity (Wildman–Crippen MR) is 141 cm³/mol. The monoisotopic (exact) mass is 526 g/mol. The molecule has 3 rings (SSSR count). The average Bonchev–Trinajstić information content (AvgIpc) is 2.87. The van der Waals surface area contributed by atoms with Gasteiger partial charge in [-0.25, -0.2) is 9.18 Å². The molecule has 1 atom stereocenters. The molecule has 0 unspecified atom stereocenters. The molecule has 0 bridgehead atoms. The molecule has 10 heteroatoms. The summed E-state index contributed by atoms with van der Waals surface area (Å²) < 4.78 is 18.4. The highest BCUT2D eigenvalue weighted by atomic mass is 19.1. The van der Waals surface area contributed by atoms with Gasteiger partial charge in [0.1, 0.15) is 17.5 Å². The van der Waals surface area contributed by atoms with Crippen LogP contribution in [0, 0.1) is 11.7 Å². The number of carbonyl (C=O) groups excluding carboxylic acids is 4. The molecule has 0 aliphatic carbocycles. The van der Waals surface area contributed by atoms with Crippen LogP contribution < -0.4 is 16.0 Å². The normalized spacial score (nSPS) is 14.8. The molecule has 0 spiro atoms. The number of likely N-dealkylation sites (tertiary alicyclic amines) is 1. The molecule has 1 heterocycles. The van der Waals surface area contributed by atoms with Gasteiger partial charge in [0.15, 0.2) is 0 Å². The van der Waals surface area contributed by atoms with E-state index in [1.165, 1.54) is 24.3 Å². The van der Waals surface area contributed by atoms with E-state index in [2.05, 4.69) is 16.0 Å². The van der Waals surface area contributed by atoms with Gasteiger partial charge in [-0.15, -0.1) is 0 Å². The molecule has 0 saturated carbocycles. The van der Waals surface area contributed by atoms with Crippen molar-refractivity contribution in [2.24, 2.45) is 5.92 Å². The lowest BCUT2D eigenvalue weighted by molar-refractivity contribution is -0.137. The lowest BCUT2D eigenvalue weighted by Crippen LogP contribution is -2.53. The highest BCUT2D eigenvalue weighted by Crippen LogP contribution is 2.19. The second-order valence-electron chi connectivity index (χ2n) is 10.3. The second-order valence-corrected chi connectivity index (χ2v) is 10.3. The first-order chi connectivity index (χ1) is 18.0. The number of alkyl carbamates (subject to hydrolysis) is 1. The van der Waals surface area contributed by atoms with Crippen molar-refractivity contribution in [1.29, 1.82) is 0 Å². The van der Waals surface area contributed by atoms with E-state index in [1.54, 1.807) is 25.7 Å². The number of halogens is 1. The second kappa shape index (κ2) is 13.0. The van der Waals surface area contributed by atoms with Crippen LogP contribution in [0.15, 0.2) is 54.6 Å². The van der Waals surface area contributed by atoms with Crippen molar-refractivity contribution >= 4 is 29.5 Å². The minimum absolute atomic E-state index is 0.214. The molecule has 1 aliphatic heterocycles. The van der Waals surface area contributed by atoms with Gasteiger partial charge in [0.25, 0.3) is 0 Å². The van der Waals surface area contributed by atoms with Gasteiger partial charge >= 0.3 is 6.09 Å². The lowest BCUT2D eigenvalue weighted by Gasteiger charge is -2.34. The molecule has 204 valence electrons. The SMILES string of the molecule is CC(C)(C)OC(=O)N[C@H](Cc1ccccc1)C(=O)N1CCC(C(=O)NCC(=O)Nc2ccc(F)cc2)CC1. The summed E-state index contributed by atoms with van der Waals surface area (Å²) in [5, 5.41) is 7.93. The maximum absolute atomic E-state index is 13.4. The largest absolute Gasteiger partial charge is 0.444 e. The Balaban J connectivity index is 1.51. The molecule has 1 aliphatic rings. The molecule has 0 radical (unpaired) electrons. The summed E-state index contributed by atoms with van der Waals surface area (Å²) in [6, 6.07) is 13.9. The summed E-state index contributed by atoms with van der Waals surface area (Å²) in [4.78, 5) is 52.2. The predicted octanol–water partition coefficient (Wildman–Crippen LogP) is 3.26. The number of carbonyl (C=O) groups is 4. The Morgan fingerprint density at radius 1 is 1.00 bits per heavy atom. The fourth-order valence-electron chi connectivity index (χ4n) is 4.13. The van der Waals surface area contributed by atoms with E-state index in [-0.39, 0.29) is 24.3 Å². The Bertz CT molecular complexity index is 1110. The molecule has 0 aromatic heterocycles. The number of hydrogen-bond donors (Lipinski definition) is 3. The molecular formula is C28H35FN4O5. The van der Waals surface area contributed by atoms with Crippen LogP contribution in [0.5, 0.6) is 0 Å². The fraction of sp³-hybridized carbons (Fsp3) is 0.429. The van der Waals surface area contributed by atoms with Crippen molar-refractivity contribution in [2.75, 3.05) is 25.0 Å². The van der Waals surface area contributed by atoms with Crippen molar-refractivity contribution in [3.05, 3.63) is 66.0 Å². The van der Waals surface area contributed by atoms with Crippen molar-refractivity contribution < 1.29 is 28.3 Å². The molecule has 3 N–H and O–H groups in total. The van der Waals surface area contributed by atoms with Gasteiger partial charge in [0.2, 0.25) is 17.7 Å². The first-order valence-corrected chi connectivity index (χ1v) is 12.7. The fourth-order valence-corrected chi connectivity index (χ4v) is 4.13. The van der Waals surface area contributed by atoms with Crippen molar-refractivity contribution in [3.8, 4) is 0 Å². The van der Waals surface area contributed by atoms with Gasteiger partial charge in [-0.05, 0) is 63.4 Å². The Morgan fingerprint density at radius 3 is 2.24 bits per heavy atom. The molecule has 9 nitrogen and oxygen atoms in total. The number of rotatable bonds is 8. The van der Waals surface area contributed by atoms with E-state index in [9.17, 15) is 23.6 Å². The van der Waals surface area contributed by atoms with E-state index >= 15 is 0 Å². The van der Waals surface area contributed by atoms with Gasteiger partial charge in [-0.1, -0.05) is 30.3 Å². The molecule has 2 aromatic carbocycles. The van der Waals surface area contributed by atoms with E-state index in [0.717, 1.165) is 5.56 Å². The van der Waals surface area contributed by atoms with Crippen LogP contribution in [0.25, 0.3) is 0 Å². The molecule has 2 aromatic rings. The minimum atomic E-state index is -0.812. The maximum atomic E-state index is 13.4. The highest BCUT2D eigenvalue weighted by molar-refractivity contribution is 5.94. The van der Waals surface area contributed by atoms with Crippen molar-refractivity contribution in [3.63, 3.8) is 0 Å². The Kier molecular flexibility index (Phi) is 9.81. The Hall–Kier alpha value is -3.95. The van der Waals surface area contributed by atoms with Gasteiger partial charge in [0, 0.05) is 31.1 Å². The number of nitrogens with zero attached hydrogens (tertiary/aromatic N) is 1. The molecule has 1 saturated heterocycles. The van der Waals surface area contributed by atoms with Gasteiger partial charge < -0.3 is 25.6 Å². The number of piperidine rings is 1. The zero-order valence-corrected chi connectivity index (χ0v) is 22.0. The van der Waals surface area contributed by atoms with Crippen LogP contribution >= 0.6 is 0 Å². The number of hydrogen-bond acceptors (Lipinski definition) is 5. The number of anilines is 1. The highest BCUT2D eigenvalue weighted by Gasteiger charge is 2.32. The van der Waals surface area contributed by atoms with E-state index in [1.807, 2.05) is 30.3 Å². The summed E-state index contributed by atoms with van der Waals surface area (Å²) in [7, 11) is 0. The first kappa shape index (κ1) is 28.6.